The van der Waals surface area contributed by atoms with Crippen molar-refractivity contribution in [1.82, 2.24) is 9.97 Å². The largest absolute Gasteiger partial charge is 0.436 e. The number of nitrogens with two attached hydrogens (primary N) is 1. The van der Waals surface area contributed by atoms with Gasteiger partial charge in [-0.05, 0) is 34.1 Å². The molecule has 0 spiro atoms. The summed E-state index contributed by atoms with van der Waals surface area (Å²) < 4.78 is 18.7. The van der Waals surface area contributed by atoms with Crippen molar-refractivity contribution < 1.29 is 9.13 Å². The highest BCUT2D eigenvalue weighted by Gasteiger charge is 2.09. The predicted molar refractivity (Wildman–Crippen MR) is 65.6 cm³/mol. The van der Waals surface area contributed by atoms with E-state index in [1.54, 1.807) is 0 Å². The number of hydrogen-bond donors (Lipinski definition) is 1. The lowest BCUT2D eigenvalue weighted by Crippen LogP contribution is -1.97. The maximum absolute atomic E-state index is 12.9. The van der Waals surface area contributed by atoms with Crippen LogP contribution in [0.3, 0.4) is 0 Å². The van der Waals surface area contributed by atoms with Gasteiger partial charge in [-0.25, -0.2) is 9.37 Å². The standard InChI is InChI=1S/C10H6BrClFN3O/c11-6-3-5(13)1-2-8(6)17-9-7(12)4-15-10(14)16-9/h1-4H,(H2,14,15,16). The number of hydrogen-bond acceptors (Lipinski definition) is 4. The predicted octanol–water partition coefficient (Wildman–Crippen LogP) is 3.41. The molecule has 0 unspecified atom stereocenters. The van der Waals surface area contributed by atoms with Gasteiger partial charge < -0.3 is 10.5 Å². The molecule has 0 saturated heterocycles. The molecule has 2 aromatic rings. The molecule has 0 radical (unpaired) electrons. The molecule has 2 N–H and O–H groups in total. The molecule has 0 fully saturated rings. The average molecular weight is 319 g/mol. The minimum absolute atomic E-state index is 0.0441. The van der Waals surface area contributed by atoms with Gasteiger partial charge in [-0.15, -0.1) is 0 Å². The molecule has 0 amide bonds. The quantitative estimate of drug-likeness (QED) is 0.922. The van der Waals surface area contributed by atoms with Crippen LogP contribution in [-0.2, 0) is 0 Å². The highest BCUT2D eigenvalue weighted by atomic mass is 79.9. The van der Waals surface area contributed by atoms with Gasteiger partial charge in [0.15, 0.2) is 0 Å². The van der Waals surface area contributed by atoms with Gasteiger partial charge in [0.25, 0.3) is 0 Å². The number of halogens is 3. The second-order valence-corrected chi connectivity index (χ2v) is 4.32. The number of aromatic nitrogens is 2. The monoisotopic (exact) mass is 317 g/mol. The molecule has 0 bridgehead atoms. The number of rotatable bonds is 2. The van der Waals surface area contributed by atoms with E-state index in [0.717, 1.165) is 0 Å². The van der Waals surface area contributed by atoms with Crippen LogP contribution in [0.15, 0.2) is 28.9 Å². The molecule has 0 atom stereocenters. The van der Waals surface area contributed by atoms with Gasteiger partial charge in [0.2, 0.25) is 11.8 Å². The SMILES string of the molecule is Nc1ncc(Cl)c(Oc2ccc(F)cc2Br)n1. The van der Waals surface area contributed by atoms with Gasteiger partial charge in [0.1, 0.15) is 16.6 Å². The summed E-state index contributed by atoms with van der Waals surface area (Å²) in [5.41, 5.74) is 5.41. The molecule has 1 heterocycles. The molecule has 88 valence electrons. The fourth-order valence-corrected chi connectivity index (χ4v) is 1.66. The first-order valence-corrected chi connectivity index (χ1v) is 5.64. The molecule has 0 saturated carbocycles. The lowest BCUT2D eigenvalue weighted by Gasteiger charge is -2.08. The molecule has 7 heteroatoms. The number of nitrogen functional groups attached to an aromatic ring is 1. The van der Waals surface area contributed by atoms with E-state index in [1.165, 1.54) is 24.4 Å². The van der Waals surface area contributed by atoms with Gasteiger partial charge in [0.05, 0.1) is 10.7 Å². The van der Waals surface area contributed by atoms with E-state index >= 15 is 0 Å². The summed E-state index contributed by atoms with van der Waals surface area (Å²) in [4.78, 5) is 7.53. The van der Waals surface area contributed by atoms with E-state index in [-0.39, 0.29) is 22.7 Å². The smallest absolute Gasteiger partial charge is 0.243 e. The Balaban J connectivity index is 2.34. The third-order valence-electron chi connectivity index (χ3n) is 1.83. The molecule has 1 aromatic heterocycles. The van der Waals surface area contributed by atoms with Gasteiger partial charge in [-0.1, -0.05) is 11.6 Å². The molecular weight excluding hydrogens is 312 g/mol. The molecule has 1 aromatic carbocycles. The van der Waals surface area contributed by atoms with Crippen LogP contribution < -0.4 is 10.5 Å². The highest BCUT2D eigenvalue weighted by molar-refractivity contribution is 9.10. The summed E-state index contributed by atoms with van der Waals surface area (Å²) in [6.45, 7) is 0. The lowest BCUT2D eigenvalue weighted by atomic mass is 10.3. The van der Waals surface area contributed by atoms with Crippen molar-refractivity contribution in [2.45, 2.75) is 0 Å². The Morgan fingerprint density at radius 2 is 2.18 bits per heavy atom. The molecule has 0 aliphatic rings. The summed E-state index contributed by atoms with van der Waals surface area (Å²) in [6, 6.07) is 3.99. The maximum Gasteiger partial charge on any atom is 0.243 e. The normalized spacial score (nSPS) is 10.3. The first-order chi connectivity index (χ1) is 8.06. The Morgan fingerprint density at radius 1 is 1.41 bits per heavy atom. The van der Waals surface area contributed by atoms with Crippen LogP contribution in [0.25, 0.3) is 0 Å². The van der Waals surface area contributed by atoms with Crippen LogP contribution in [0.4, 0.5) is 10.3 Å². The molecule has 0 aliphatic carbocycles. The molecule has 2 rings (SSSR count). The van der Waals surface area contributed by atoms with Gasteiger partial charge in [0, 0.05) is 0 Å². The van der Waals surface area contributed by atoms with E-state index in [1.807, 2.05) is 0 Å². The lowest BCUT2D eigenvalue weighted by molar-refractivity contribution is 0.458. The first kappa shape index (κ1) is 12.1. The van der Waals surface area contributed by atoms with Crippen molar-refractivity contribution in [2.75, 3.05) is 5.73 Å². The third-order valence-corrected chi connectivity index (χ3v) is 2.71. The highest BCUT2D eigenvalue weighted by Crippen LogP contribution is 2.32. The summed E-state index contributed by atoms with van der Waals surface area (Å²) in [6.07, 6.45) is 1.33. The van der Waals surface area contributed by atoms with Crippen LogP contribution in [0.2, 0.25) is 5.02 Å². The molecule has 0 aliphatic heterocycles. The van der Waals surface area contributed by atoms with E-state index in [4.69, 9.17) is 22.1 Å². The number of nitrogens with zero attached hydrogens (tertiary/aromatic N) is 2. The zero-order valence-corrected chi connectivity index (χ0v) is 10.7. The third kappa shape index (κ3) is 2.83. The van der Waals surface area contributed by atoms with Crippen molar-refractivity contribution in [3.05, 3.63) is 39.7 Å². The Morgan fingerprint density at radius 3 is 2.88 bits per heavy atom. The van der Waals surface area contributed by atoms with Gasteiger partial charge in [-0.2, -0.15) is 4.98 Å². The average Bonchev–Trinajstić information content (AvgIpc) is 2.27. The van der Waals surface area contributed by atoms with E-state index in [9.17, 15) is 4.39 Å². The Hall–Kier alpha value is -1.40. The summed E-state index contributed by atoms with van der Waals surface area (Å²) >= 11 is 9.00. The van der Waals surface area contributed by atoms with Crippen molar-refractivity contribution in [3.8, 4) is 11.6 Å². The zero-order chi connectivity index (χ0) is 12.4. The number of ether oxygens (including phenoxy) is 1. The Labute approximate surface area is 110 Å². The van der Waals surface area contributed by atoms with Gasteiger partial charge >= 0.3 is 0 Å². The first-order valence-electron chi connectivity index (χ1n) is 4.47. The van der Waals surface area contributed by atoms with Crippen molar-refractivity contribution in [1.29, 1.82) is 0 Å². The van der Waals surface area contributed by atoms with Crippen molar-refractivity contribution in [2.24, 2.45) is 0 Å². The summed E-state index contributed by atoms with van der Waals surface area (Å²) in [5.74, 6) is 0.165. The second kappa shape index (κ2) is 4.85. The fraction of sp³-hybridized carbons (Fsp3) is 0. The van der Waals surface area contributed by atoms with E-state index in [2.05, 4.69) is 25.9 Å². The van der Waals surface area contributed by atoms with E-state index < -0.39 is 0 Å². The number of anilines is 1. The van der Waals surface area contributed by atoms with Crippen molar-refractivity contribution >= 4 is 33.5 Å². The van der Waals surface area contributed by atoms with Crippen LogP contribution in [0, 0.1) is 5.82 Å². The number of benzene rings is 1. The Bertz CT molecular complexity index is 567. The molecule has 17 heavy (non-hydrogen) atoms. The fourth-order valence-electron chi connectivity index (χ4n) is 1.10. The minimum Gasteiger partial charge on any atom is -0.436 e. The molecule has 4 nitrogen and oxygen atoms in total. The van der Waals surface area contributed by atoms with Crippen LogP contribution in [0.5, 0.6) is 11.6 Å². The molecular formula is C10H6BrClFN3O. The van der Waals surface area contributed by atoms with Crippen molar-refractivity contribution in [3.63, 3.8) is 0 Å². The summed E-state index contributed by atoms with van der Waals surface area (Å²) in [5, 5.41) is 0.218. The summed E-state index contributed by atoms with van der Waals surface area (Å²) in [7, 11) is 0. The van der Waals surface area contributed by atoms with Crippen LogP contribution in [0.1, 0.15) is 0 Å². The van der Waals surface area contributed by atoms with Crippen LogP contribution in [-0.4, -0.2) is 9.97 Å². The minimum atomic E-state index is -0.377. The van der Waals surface area contributed by atoms with Crippen LogP contribution >= 0.6 is 27.5 Å². The van der Waals surface area contributed by atoms with E-state index in [0.29, 0.717) is 10.2 Å². The Kier molecular flexibility index (Phi) is 3.44. The maximum atomic E-state index is 12.9. The topological polar surface area (TPSA) is 61.0 Å². The second-order valence-electron chi connectivity index (χ2n) is 3.06. The van der Waals surface area contributed by atoms with Gasteiger partial charge in [-0.3, -0.25) is 0 Å². The zero-order valence-electron chi connectivity index (χ0n) is 8.32.